The molecule has 2 aromatic heterocycles. The monoisotopic (exact) mass is 345 g/mol. The fraction of sp³-hybridized carbons (Fsp3) is 0.125. The molecule has 8 heteroatoms. The summed E-state index contributed by atoms with van der Waals surface area (Å²) < 4.78 is 14.1. The van der Waals surface area contributed by atoms with E-state index in [0.717, 1.165) is 17.3 Å². The number of hydrogen-bond donors (Lipinski definition) is 2. The van der Waals surface area contributed by atoms with Crippen molar-refractivity contribution < 1.29 is 9.18 Å². The van der Waals surface area contributed by atoms with Crippen LogP contribution in [0.3, 0.4) is 0 Å². The molecule has 3 aromatic rings. The summed E-state index contributed by atoms with van der Waals surface area (Å²) in [4.78, 5) is 20.1. The third-order valence-electron chi connectivity index (χ3n) is 4.14. The van der Waals surface area contributed by atoms with Crippen molar-refractivity contribution in [3.05, 3.63) is 65.8 Å². The summed E-state index contributed by atoms with van der Waals surface area (Å²) in [5.74, 6) is -0.812. The highest BCUT2D eigenvalue weighted by molar-refractivity contribution is 6.01. The van der Waals surface area contributed by atoms with Crippen LogP contribution in [0.4, 0.5) is 4.39 Å². The minimum atomic E-state index is -1.02. The van der Waals surface area contributed by atoms with Gasteiger partial charge >= 0.3 is 0 Å². The molecule has 6 nitrogen and oxygen atoms in total. The molecule has 1 aliphatic heterocycles. The number of nitrogens with one attached hydrogen (secondary N) is 2. The van der Waals surface area contributed by atoms with Crippen LogP contribution in [-0.4, -0.2) is 26.1 Å². The summed E-state index contributed by atoms with van der Waals surface area (Å²) in [6.45, 7) is 1.74. The van der Waals surface area contributed by atoms with Crippen molar-refractivity contribution in [3.63, 3.8) is 0 Å². The number of fused-ring (bicyclic) bond motifs is 1. The van der Waals surface area contributed by atoms with Gasteiger partial charge in [-0.1, -0.05) is 12.1 Å². The third kappa shape index (κ3) is 2.25. The fourth-order valence-corrected chi connectivity index (χ4v) is 2.99. The lowest BCUT2D eigenvalue weighted by Crippen LogP contribution is -2.39. The van der Waals surface area contributed by atoms with Gasteiger partial charge in [0.1, 0.15) is 17.6 Å². The molecule has 0 saturated carbocycles. The van der Waals surface area contributed by atoms with E-state index in [0.29, 0.717) is 11.1 Å². The average Bonchev–Trinajstić information content (AvgIpc) is 3.16. The maximum Gasteiger partial charge on any atom is 0.252 e. The van der Waals surface area contributed by atoms with Gasteiger partial charge < -0.3 is 5.32 Å². The van der Waals surface area contributed by atoms with Crippen molar-refractivity contribution in [2.45, 2.75) is 12.5 Å². The minimum Gasteiger partial charge on any atom is -0.337 e. The van der Waals surface area contributed by atoms with Crippen LogP contribution < -0.4 is 5.32 Å². The molecule has 0 radical (unpaired) electrons. The summed E-state index contributed by atoms with van der Waals surface area (Å²) in [6, 6.07) is 5.47. The van der Waals surface area contributed by atoms with Gasteiger partial charge in [0.2, 0.25) is 0 Å². The molecule has 0 aliphatic carbocycles. The summed E-state index contributed by atoms with van der Waals surface area (Å²) in [5.41, 5.74) is 2.06. The van der Waals surface area contributed by atoms with E-state index in [-0.39, 0.29) is 24.0 Å². The fourth-order valence-electron chi connectivity index (χ4n) is 2.99. The van der Waals surface area contributed by atoms with Gasteiger partial charge in [-0.15, -0.1) is 12.4 Å². The van der Waals surface area contributed by atoms with Crippen molar-refractivity contribution in [3.8, 4) is 11.1 Å². The molecule has 1 amide bonds. The quantitative estimate of drug-likeness (QED) is 0.747. The number of benzene rings is 1. The second-order valence-electron chi connectivity index (χ2n) is 5.55. The molecule has 0 unspecified atom stereocenters. The van der Waals surface area contributed by atoms with E-state index in [1.54, 1.807) is 25.4 Å². The topological polar surface area (TPSA) is 83.6 Å². The van der Waals surface area contributed by atoms with Crippen LogP contribution in [0.2, 0.25) is 0 Å². The van der Waals surface area contributed by atoms with Crippen molar-refractivity contribution in [2.24, 2.45) is 0 Å². The Bertz CT molecular complexity index is 915. The lowest BCUT2D eigenvalue weighted by atomic mass is 9.87. The van der Waals surface area contributed by atoms with Crippen LogP contribution in [0.1, 0.15) is 28.5 Å². The number of carbonyl (C=O) groups is 1. The molecule has 1 atom stereocenters. The highest BCUT2D eigenvalue weighted by atomic mass is 35.5. The van der Waals surface area contributed by atoms with E-state index in [1.165, 1.54) is 6.33 Å². The van der Waals surface area contributed by atoms with E-state index in [4.69, 9.17) is 0 Å². The molecule has 122 valence electrons. The number of halogens is 2. The van der Waals surface area contributed by atoms with Crippen LogP contribution in [-0.2, 0) is 5.54 Å². The zero-order valence-electron chi connectivity index (χ0n) is 12.6. The Morgan fingerprint density at radius 1 is 1.21 bits per heavy atom. The molecule has 2 N–H and O–H groups in total. The van der Waals surface area contributed by atoms with Crippen LogP contribution in [0, 0.1) is 5.82 Å². The first-order valence-corrected chi connectivity index (χ1v) is 7.02. The predicted octanol–water partition coefficient (Wildman–Crippen LogP) is 2.43. The normalized spacial score (nSPS) is 18.7. The Kier molecular flexibility index (Phi) is 3.81. The SMILES string of the molecule is C[C@]1(c2ncncc2F)NC(=O)c2cc(-c3cn[nH]c3)ccc21.Cl. The zero-order chi connectivity index (χ0) is 16.0. The van der Waals surface area contributed by atoms with E-state index in [1.807, 2.05) is 12.1 Å². The summed E-state index contributed by atoms with van der Waals surface area (Å²) in [7, 11) is 0. The van der Waals surface area contributed by atoms with E-state index in [2.05, 4.69) is 25.5 Å². The minimum absolute atomic E-state index is 0. The van der Waals surface area contributed by atoms with Crippen molar-refractivity contribution in [1.82, 2.24) is 25.5 Å². The average molecular weight is 346 g/mol. The number of aromatic amines is 1. The van der Waals surface area contributed by atoms with Crippen molar-refractivity contribution >= 4 is 18.3 Å². The lowest BCUT2D eigenvalue weighted by molar-refractivity contribution is 0.0943. The van der Waals surface area contributed by atoms with Gasteiger partial charge in [-0.3, -0.25) is 9.89 Å². The number of amides is 1. The van der Waals surface area contributed by atoms with Gasteiger partial charge in [0, 0.05) is 17.3 Å². The lowest BCUT2D eigenvalue weighted by Gasteiger charge is -2.25. The van der Waals surface area contributed by atoms with Gasteiger partial charge in [-0.2, -0.15) is 5.10 Å². The first-order chi connectivity index (χ1) is 11.1. The van der Waals surface area contributed by atoms with E-state index in [9.17, 15) is 9.18 Å². The Balaban J connectivity index is 0.00000169. The standard InChI is InChI=1S/C16H12FN5O.ClH/c1-16(14-13(17)7-18-8-19-14)12-3-2-9(10-5-20-21-6-10)4-11(12)15(23)22-16;/h2-8H,1H3,(H,20,21)(H,22,23);1H/t16-;/m0./s1. The van der Waals surface area contributed by atoms with Crippen LogP contribution in [0.25, 0.3) is 11.1 Å². The first kappa shape index (κ1) is 16.1. The van der Waals surface area contributed by atoms with Crippen LogP contribution in [0.15, 0.2) is 43.1 Å². The molecule has 1 aromatic carbocycles. The highest BCUT2D eigenvalue weighted by Gasteiger charge is 2.43. The Labute approximate surface area is 143 Å². The maximum atomic E-state index is 14.1. The van der Waals surface area contributed by atoms with Crippen molar-refractivity contribution in [1.29, 1.82) is 0 Å². The highest BCUT2D eigenvalue weighted by Crippen LogP contribution is 2.38. The molecular formula is C16H13ClFN5O. The second kappa shape index (κ2) is 5.68. The molecule has 24 heavy (non-hydrogen) atoms. The molecule has 0 bridgehead atoms. The largest absolute Gasteiger partial charge is 0.337 e. The number of H-pyrrole nitrogens is 1. The van der Waals surface area contributed by atoms with Gasteiger partial charge in [0.05, 0.1) is 12.4 Å². The molecule has 1 aliphatic rings. The van der Waals surface area contributed by atoms with Crippen LogP contribution >= 0.6 is 12.4 Å². The first-order valence-electron chi connectivity index (χ1n) is 7.02. The van der Waals surface area contributed by atoms with Gasteiger partial charge in [-0.05, 0) is 24.1 Å². The second-order valence-corrected chi connectivity index (χ2v) is 5.55. The van der Waals surface area contributed by atoms with Gasteiger partial charge in [-0.25, -0.2) is 14.4 Å². The van der Waals surface area contributed by atoms with Crippen LogP contribution in [0.5, 0.6) is 0 Å². The summed E-state index contributed by atoms with van der Waals surface area (Å²) in [6.07, 6.45) is 5.79. The number of rotatable bonds is 2. The predicted molar refractivity (Wildman–Crippen MR) is 87.2 cm³/mol. The zero-order valence-corrected chi connectivity index (χ0v) is 13.4. The summed E-state index contributed by atoms with van der Waals surface area (Å²) in [5, 5.41) is 9.48. The molecule has 4 rings (SSSR count). The summed E-state index contributed by atoms with van der Waals surface area (Å²) >= 11 is 0. The smallest absolute Gasteiger partial charge is 0.252 e. The number of nitrogens with zero attached hydrogens (tertiary/aromatic N) is 3. The number of carbonyl (C=O) groups excluding carboxylic acids is 1. The van der Waals surface area contributed by atoms with Gasteiger partial charge in [0.15, 0.2) is 5.82 Å². The number of aromatic nitrogens is 4. The number of hydrogen-bond acceptors (Lipinski definition) is 4. The molecule has 0 fully saturated rings. The molecule has 0 saturated heterocycles. The van der Waals surface area contributed by atoms with Crippen molar-refractivity contribution in [2.75, 3.05) is 0 Å². The van der Waals surface area contributed by atoms with E-state index >= 15 is 0 Å². The Morgan fingerprint density at radius 2 is 2.04 bits per heavy atom. The molecular weight excluding hydrogens is 333 g/mol. The Hall–Kier alpha value is -2.80. The molecule has 0 spiro atoms. The third-order valence-corrected chi connectivity index (χ3v) is 4.14. The maximum absolute atomic E-state index is 14.1. The van der Waals surface area contributed by atoms with Gasteiger partial charge in [0.25, 0.3) is 5.91 Å². The Morgan fingerprint density at radius 3 is 2.75 bits per heavy atom. The van der Waals surface area contributed by atoms with E-state index < -0.39 is 11.4 Å². The molecule has 3 heterocycles.